The zero-order valence-electron chi connectivity index (χ0n) is 10.2. The van der Waals surface area contributed by atoms with Gasteiger partial charge in [-0.2, -0.15) is 0 Å². The van der Waals surface area contributed by atoms with E-state index in [-0.39, 0.29) is 5.75 Å². The molecule has 1 aromatic heterocycles. The number of hydrogen-bond acceptors (Lipinski definition) is 4. The molecule has 1 heterocycles. The van der Waals surface area contributed by atoms with Crippen LogP contribution in [0.1, 0.15) is 19.5 Å². The second-order valence-electron chi connectivity index (χ2n) is 3.88. The Morgan fingerprint density at radius 2 is 2.25 bits per heavy atom. The Hall–Kier alpha value is -1.13. The summed E-state index contributed by atoms with van der Waals surface area (Å²) in [5, 5.41) is 9.15. The van der Waals surface area contributed by atoms with Crippen LogP contribution in [-0.4, -0.2) is 41.3 Å². The van der Waals surface area contributed by atoms with Gasteiger partial charge in [0.05, 0.1) is 18.5 Å². The molecule has 16 heavy (non-hydrogen) atoms. The number of rotatable bonds is 6. The summed E-state index contributed by atoms with van der Waals surface area (Å²) in [7, 11) is 1.71. The van der Waals surface area contributed by atoms with Crippen LogP contribution in [0.25, 0.3) is 0 Å². The minimum absolute atomic E-state index is 0.205. The van der Waals surface area contributed by atoms with Crippen LogP contribution in [0.2, 0.25) is 0 Å². The van der Waals surface area contributed by atoms with Crippen LogP contribution >= 0.6 is 0 Å². The Labute approximate surface area is 96.9 Å². The number of aromatic nitrogens is 1. The van der Waals surface area contributed by atoms with Crippen LogP contribution in [0.3, 0.4) is 0 Å². The molecule has 0 aromatic carbocycles. The van der Waals surface area contributed by atoms with Gasteiger partial charge in [0, 0.05) is 19.7 Å². The van der Waals surface area contributed by atoms with E-state index in [0.29, 0.717) is 12.6 Å². The van der Waals surface area contributed by atoms with E-state index in [9.17, 15) is 0 Å². The molecule has 4 nitrogen and oxygen atoms in total. The van der Waals surface area contributed by atoms with Crippen molar-refractivity contribution in [3.05, 3.63) is 24.0 Å². The Morgan fingerprint density at radius 3 is 2.75 bits per heavy atom. The second kappa shape index (κ2) is 6.45. The normalized spacial score (nSPS) is 13.0. The second-order valence-corrected chi connectivity index (χ2v) is 3.88. The topological polar surface area (TPSA) is 45.6 Å². The van der Waals surface area contributed by atoms with E-state index in [0.717, 1.165) is 18.8 Å². The first-order valence-corrected chi connectivity index (χ1v) is 5.54. The predicted octanol–water partition coefficient (Wildman–Crippen LogP) is 1.64. The molecule has 1 unspecified atom stereocenters. The van der Waals surface area contributed by atoms with E-state index in [4.69, 9.17) is 9.84 Å². The molecule has 1 aromatic rings. The van der Waals surface area contributed by atoms with E-state index in [1.165, 1.54) is 6.20 Å². The summed E-state index contributed by atoms with van der Waals surface area (Å²) in [5.41, 5.74) is 0.961. The third kappa shape index (κ3) is 3.79. The third-order valence-corrected chi connectivity index (χ3v) is 2.61. The standard InChI is InChI=1S/C12H20N2O2/c1-4-14(10(2)9-16-3)8-11-5-6-12(15)7-13-11/h5-7,10,15H,4,8-9H2,1-3H3. The van der Waals surface area contributed by atoms with Gasteiger partial charge in [-0.3, -0.25) is 9.88 Å². The van der Waals surface area contributed by atoms with Crippen molar-refractivity contribution < 1.29 is 9.84 Å². The van der Waals surface area contributed by atoms with E-state index < -0.39 is 0 Å². The summed E-state index contributed by atoms with van der Waals surface area (Å²) in [4.78, 5) is 6.46. The minimum atomic E-state index is 0.205. The molecule has 0 saturated heterocycles. The van der Waals surface area contributed by atoms with Crippen LogP contribution in [-0.2, 0) is 11.3 Å². The van der Waals surface area contributed by atoms with Gasteiger partial charge in [-0.1, -0.05) is 6.92 Å². The van der Waals surface area contributed by atoms with Crippen molar-refractivity contribution in [1.29, 1.82) is 0 Å². The van der Waals surface area contributed by atoms with Gasteiger partial charge >= 0.3 is 0 Å². The van der Waals surface area contributed by atoms with E-state index in [2.05, 4.69) is 23.7 Å². The lowest BCUT2D eigenvalue weighted by molar-refractivity contribution is 0.0974. The number of likely N-dealkylation sites (N-methyl/N-ethyl adjacent to an activating group) is 1. The predicted molar refractivity (Wildman–Crippen MR) is 63.3 cm³/mol. The van der Waals surface area contributed by atoms with Gasteiger partial charge in [-0.05, 0) is 25.6 Å². The number of hydrogen-bond donors (Lipinski definition) is 1. The van der Waals surface area contributed by atoms with Gasteiger partial charge in [-0.15, -0.1) is 0 Å². The monoisotopic (exact) mass is 224 g/mol. The van der Waals surface area contributed by atoms with Crippen LogP contribution < -0.4 is 0 Å². The average Bonchev–Trinajstić information content (AvgIpc) is 2.28. The largest absolute Gasteiger partial charge is 0.506 e. The molecule has 0 aliphatic heterocycles. The van der Waals surface area contributed by atoms with E-state index >= 15 is 0 Å². The average molecular weight is 224 g/mol. The number of nitrogens with zero attached hydrogens (tertiary/aromatic N) is 2. The van der Waals surface area contributed by atoms with Crippen molar-refractivity contribution in [2.45, 2.75) is 26.4 Å². The molecule has 1 N–H and O–H groups in total. The Morgan fingerprint density at radius 1 is 1.50 bits per heavy atom. The maximum Gasteiger partial charge on any atom is 0.133 e. The Bertz CT molecular complexity index is 300. The molecule has 4 heteroatoms. The molecule has 0 saturated carbocycles. The van der Waals surface area contributed by atoms with Gasteiger partial charge in [0.25, 0.3) is 0 Å². The molecular weight excluding hydrogens is 204 g/mol. The van der Waals surface area contributed by atoms with Crippen LogP contribution in [0, 0.1) is 0 Å². The molecular formula is C12H20N2O2. The summed E-state index contributed by atoms with van der Waals surface area (Å²) in [6.45, 7) is 6.69. The van der Waals surface area contributed by atoms with Crippen LogP contribution in [0.5, 0.6) is 5.75 Å². The number of aromatic hydroxyl groups is 1. The first-order valence-electron chi connectivity index (χ1n) is 5.54. The highest BCUT2D eigenvalue weighted by atomic mass is 16.5. The van der Waals surface area contributed by atoms with Crippen molar-refractivity contribution >= 4 is 0 Å². The van der Waals surface area contributed by atoms with Crippen LogP contribution in [0.4, 0.5) is 0 Å². The van der Waals surface area contributed by atoms with Gasteiger partial charge < -0.3 is 9.84 Å². The van der Waals surface area contributed by atoms with E-state index in [1.807, 2.05) is 6.07 Å². The maximum atomic E-state index is 9.15. The highest BCUT2D eigenvalue weighted by Crippen LogP contribution is 2.10. The molecule has 1 atom stereocenters. The van der Waals surface area contributed by atoms with Gasteiger partial charge in [0.15, 0.2) is 0 Å². The molecule has 0 spiro atoms. The zero-order chi connectivity index (χ0) is 12.0. The van der Waals surface area contributed by atoms with Crippen molar-refractivity contribution in [2.75, 3.05) is 20.3 Å². The van der Waals surface area contributed by atoms with Crippen molar-refractivity contribution in [2.24, 2.45) is 0 Å². The summed E-state index contributed by atoms with van der Waals surface area (Å²) in [5.74, 6) is 0.205. The summed E-state index contributed by atoms with van der Waals surface area (Å²) < 4.78 is 5.14. The van der Waals surface area contributed by atoms with Gasteiger partial charge in [0.1, 0.15) is 5.75 Å². The highest BCUT2D eigenvalue weighted by molar-refractivity contribution is 5.17. The molecule has 0 aliphatic rings. The zero-order valence-corrected chi connectivity index (χ0v) is 10.2. The molecule has 0 aliphatic carbocycles. The molecule has 0 amide bonds. The highest BCUT2D eigenvalue weighted by Gasteiger charge is 2.12. The third-order valence-electron chi connectivity index (χ3n) is 2.61. The van der Waals surface area contributed by atoms with Gasteiger partial charge in [0.2, 0.25) is 0 Å². The smallest absolute Gasteiger partial charge is 0.133 e. The summed E-state index contributed by atoms with van der Waals surface area (Å²) in [6, 6.07) is 3.87. The summed E-state index contributed by atoms with van der Waals surface area (Å²) in [6.07, 6.45) is 1.48. The Kier molecular flexibility index (Phi) is 5.22. The summed E-state index contributed by atoms with van der Waals surface area (Å²) >= 11 is 0. The molecule has 0 bridgehead atoms. The number of pyridine rings is 1. The van der Waals surface area contributed by atoms with Crippen molar-refractivity contribution in [3.8, 4) is 5.75 Å². The maximum absolute atomic E-state index is 9.15. The number of methoxy groups -OCH3 is 1. The lowest BCUT2D eigenvalue weighted by Crippen LogP contribution is -2.35. The fourth-order valence-corrected chi connectivity index (χ4v) is 1.64. The minimum Gasteiger partial charge on any atom is -0.506 e. The molecule has 1 rings (SSSR count). The van der Waals surface area contributed by atoms with Crippen LogP contribution in [0.15, 0.2) is 18.3 Å². The lowest BCUT2D eigenvalue weighted by atomic mass is 10.2. The SMILES string of the molecule is CCN(Cc1ccc(O)cn1)C(C)COC. The molecule has 0 fully saturated rings. The Balaban J connectivity index is 2.59. The lowest BCUT2D eigenvalue weighted by Gasteiger charge is -2.26. The van der Waals surface area contributed by atoms with Crippen molar-refractivity contribution in [3.63, 3.8) is 0 Å². The fourth-order valence-electron chi connectivity index (χ4n) is 1.64. The first kappa shape index (κ1) is 12.9. The van der Waals surface area contributed by atoms with Gasteiger partial charge in [-0.25, -0.2) is 0 Å². The quantitative estimate of drug-likeness (QED) is 0.798. The number of ether oxygens (including phenoxy) is 1. The fraction of sp³-hybridized carbons (Fsp3) is 0.583. The molecule has 90 valence electrons. The molecule has 0 radical (unpaired) electrons. The van der Waals surface area contributed by atoms with E-state index in [1.54, 1.807) is 13.2 Å². The van der Waals surface area contributed by atoms with Crippen molar-refractivity contribution in [1.82, 2.24) is 9.88 Å². The first-order chi connectivity index (χ1) is 7.67.